The largest absolute Gasteiger partial charge is 0.361 e. The number of aromatic nitrogens is 2. The molecule has 0 saturated heterocycles. The Bertz CT molecular complexity index is 601. The van der Waals surface area contributed by atoms with E-state index in [1.165, 1.54) is 4.88 Å². The molecule has 5 heteroatoms. The average molecular weight is 267 g/mol. The van der Waals surface area contributed by atoms with Crippen molar-refractivity contribution < 1.29 is 4.74 Å². The van der Waals surface area contributed by atoms with Crippen LogP contribution in [-0.4, -0.2) is 16.6 Å². The summed E-state index contributed by atoms with van der Waals surface area (Å²) in [6.45, 7) is 4.61. The van der Waals surface area contributed by atoms with Gasteiger partial charge >= 0.3 is 0 Å². The molecule has 0 aliphatic carbocycles. The normalized spacial score (nSPS) is 10.7. The maximum atomic E-state index is 6.15. The highest BCUT2D eigenvalue weighted by Gasteiger charge is 2.12. The van der Waals surface area contributed by atoms with E-state index >= 15 is 0 Å². The van der Waals surface area contributed by atoms with Crippen LogP contribution in [0.1, 0.15) is 16.3 Å². The van der Waals surface area contributed by atoms with E-state index < -0.39 is 0 Å². The van der Waals surface area contributed by atoms with Gasteiger partial charge in [-0.2, -0.15) is 0 Å². The highest BCUT2D eigenvalue weighted by atomic mass is 35.5. The van der Waals surface area contributed by atoms with Crippen molar-refractivity contribution in [1.82, 2.24) is 9.97 Å². The predicted octanol–water partition coefficient (Wildman–Crippen LogP) is 3.11. The Labute approximate surface area is 109 Å². The molecule has 0 bridgehead atoms. The van der Waals surface area contributed by atoms with Crippen LogP contribution in [0.15, 0.2) is 0 Å². The quantitative estimate of drug-likeness (QED) is 0.486. The van der Waals surface area contributed by atoms with Crippen molar-refractivity contribution in [1.29, 1.82) is 0 Å². The van der Waals surface area contributed by atoms with Crippen LogP contribution in [0.25, 0.3) is 10.2 Å². The predicted molar refractivity (Wildman–Crippen MR) is 70.4 cm³/mol. The Morgan fingerprint density at radius 1 is 1.41 bits per heavy atom. The molecule has 0 radical (unpaired) electrons. The topological polar surface area (TPSA) is 35.0 Å². The molecule has 0 N–H and O–H groups in total. The van der Waals surface area contributed by atoms with Crippen molar-refractivity contribution in [3.05, 3.63) is 21.4 Å². The third-order valence-corrected chi connectivity index (χ3v) is 3.82. The lowest BCUT2D eigenvalue weighted by atomic mass is 10.2. The van der Waals surface area contributed by atoms with Crippen molar-refractivity contribution in [2.75, 3.05) is 6.61 Å². The maximum Gasteiger partial charge on any atom is 0.157 e. The van der Waals surface area contributed by atoms with E-state index in [0.29, 0.717) is 11.0 Å². The molecule has 0 amide bonds. The van der Waals surface area contributed by atoms with E-state index in [4.69, 9.17) is 22.8 Å². The molecule has 0 unspecified atom stereocenters. The molecule has 0 saturated carbocycles. The summed E-state index contributed by atoms with van der Waals surface area (Å²) in [7, 11) is 0. The SMILES string of the molecule is C#CCOCc1nc(Cl)c2c(C)c(C)sc2n1. The molecule has 0 atom stereocenters. The zero-order valence-corrected chi connectivity index (χ0v) is 11.2. The van der Waals surface area contributed by atoms with Crippen LogP contribution in [0.4, 0.5) is 0 Å². The standard InChI is InChI=1S/C12H11ClN2OS/c1-4-5-16-6-9-14-11(13)10-7(2)8(3)17-12(10)15-9/h1H,5-6H2,2-3H3. The van der Waals surface area contributed by atoms with Crippen LogP contribution in [-0.2, 0) is 11.3 Å². The Hall–Kier alpha value is -1.15. The van der Waals surface area contributed by atoms with Gasteiger partial charge in [-0.25, -0.2) is 9.97 Å². The summed E-state index contributed by atoms with van der Waals surface area (Å²) in [5, 5.41) is 1.42. The first-order valence-corrected chi connectivity index (χ1v) is 6.26. The van der Waals surface area contributed by atoms with E-state index in [1.807, 2.05) is 13.8 Å². The van der Waals surface area contributed by atoms with E-state index in [1.54, 1.807) is 11.3 Å². The second kappa shape index (κ2) is 5.01. The number of thiophene rings is 1. The molecule has 17 heavy (non-hydrogen) atoms. The van der Waals surface area contributed by atoms with Crippen molar-refractivity contribution in [3.8, 4) is 12.3 Å². The number of rotatable bonds is 3. The Morgan fingerprint density at radius 3 is 2.88 bits per heavy atom. The molecule has 2 heterocycles. The van der Waals surface area contributed by atoms with E-state index in [9.17, 15) is 0 Å². The number of ether oxygens (including phenoxy) is 1. The fraction of sp³-hybridized carbons (Fsp3) is 0.333. The monoisotopic (exact) mass is 266 g/mol. The van der Waals surface area contributed by atoms with Gasteiger partial charge in [-0.05, 0) is 19.4 Å². The van der Waals surface area contributed by atoms with Crippen LogP contribution in [0.2, 0.25) is 5.15 Å². The Morgan fingerprint density at radius 2 is 2.18 bits per heavy atom. The van der Waals surface area contributed by atoms with Crippen LogP contribution in [0, 0.1) is 26.2 Å². The van der Waals surface area contributed by atoms with Crippen molar-refractivity contribution in [3.63, 3.8) is 0 Å². The van der Waals surface area contributed by atoms with Gasteiger partial charge in [0.1, 0.15) is 23.2 Å². The smallest absolute Gasteiger partial charge is 0.157 e. The molecule has 0 aliphatic heterocycles. The summed E-state index contributed by atoms with van der Waals surface area (Å²) in [6.07, 6.45) is 5.10. The molecule has 0 aromatic carbocycles. The lowest BCUT2D eigenvalue weighted by Gasteiger charge is -2.01. The fourth-order valence-corrected chi connectivity index (χ4v) is 2.94. The molecule has 0 spiro atoms. The third-order valence-electron chi connectivity index (χ3n) is 2.45. The van der Waals surface area contributed by atoms with Gasteiger partial charge in [0.05, 0.1) is 5.39 Å². The van der Waals surface area contributed by atoms with Crippen LogP contribution in [0.5, 0.6) is 0 Å². The Kier molecular flexibility index (Phi) is 3.63. The molecule has 3 nitrogen and oxygen atoms in total. The fourth-order valence-electron chi connectivity index (χ4n) is 1.51. The molecule has 2 rings (SSSR count). The van der Waals surface area contributed by atoms with Gasteiger partial charge in [0, 0.05) is 4.88 Å². The molecule has 2 aromatic heterocycles. The van der Waals surface area contributed by atoms with E-state index in [-0.39, 0.29) is 13.2 Å². The Balaban J connectivity index is 2.39. The number of terminal acetylenes is 1. The van der Waals surface area contributed by atoms with E-state index in [0.717, 1.165) is 15.8 Å². The lowest BCUT2D eigenvalue weighted by Crippen LogP contribution is -1.99. The second-order valence-electron chi connectivity index (χ2n) is 3.59. The van der Waals surface area contributed by atoms with Gasteiger partial charge in [0.25, 0.3) is 0 Å². The molecule has 2 aromatic rings. The zero-order chi connectivity index (χ0) is 12.4. The van der Waals surface area contributed by atoms with Gasteiger partial charge in [-0.1, -0.05) is 17.5 Å². The second-order valence-corrected chi connectivity index (χ2v) is 5.15. The molecular formula is C12H11ClN2OS. The van der Waals surface area contributed by atoms with Gasteiger partial charge < -0.3 is 4.74 Å². The van der Waals surface area contributed by atoms with Crippen LogP contribution >= 0.6 is 22.9 Å². The van der Waals surface area contributed by atoms with E-state index in [2.05, 4.69) is 15.9 Å². The number of fused-ring (bicyclic) bond motifs is 1. The summed E-state index contributed by atoms with van der Waals surface area (Å²) >= 11 is 7.77. The highest BCUT2D eigenvalue weighted by molar-refractivity contribution is 7.18. The van der Waals surface area contributed by atoms with Gasteiger partial charge in [0.15, 0.2) is 5.82 Å². The zero-order valence-electron chi connectivity index (χ0n) is 9.58. The van der Waals surface area contributed by atoms with Crippen LogP contribution in [0.3, 0.4) is 0 Å². The summed E-state index contributed by atoms with van der Waals surface area (Å²) in [4.78, 5) is 10.7. The van der Waals surface area contributed by atoms with Crippen molar-refractivity contribution in [2.45, 2.75) is 20.5 Å². The summed E-state index contributed by atoms with van der Waals surface area (Å²) in [6, 6.07) is 0. The first-order valence-electron chi connectivity index (χ1n) is 5.06. The molecule has 0 fully saturated rings. The highest BCUT2D eigenvalue weighted by Crippen LogP contribution is 2.32. The number of halogens is 1. The summed E-state index contributed by atoms with van der Waals surface area (Å²) < 4.78 is 5.19. The number of nitrogens with zero attached hydrogens (tertiary/aromatic N) is 2. The maximum absolute atomic E-state index is 6.15. The first-order chi connectivity index (χ1) is 8.13. The minimum absolute atomic E-state index is 0.252. The van der Waals surface area contributed by atoms with Gasteiger partial charge in [-0.3, -0.25) is 0 Å². The number of hydrogen-bond donors (Lipinski definition) is 0. The lowest BCUT2D eigenvalue weighted by molar-refractivity contribution is 0.147. The summed E-state index contributed by atoms with van der Waals surface area (Å²) in [5.74, 6) is 2.96. The molecule has 0 aliphatic rings. The van der Waals surface area contributed by atoms with Gasteiger partial charge in [-0.15, -0.1) is 17.8 Å². The molecular weight excluding hydrogens is 256 g/mol. The average Bonchev–Trinajstić information content (AvgIpc) is 2.55. The van der Waals surface area contributed by atoms with Gasteiger partial charge in [0.2, 0.25) is 0 Å². The van der Waals surface area contributed by atoms with Crippen LogP contribution < -0.4 is 0 Å². The minimum atomic E-state index is 0.252. The summed E-state index contributed by atoms with van der Waals surface area (Å²) in [5.41, 5.74) is 1.14. The van der Waals surface area contributed by atoms with Crippen molar-refractivity contribution in [2.24, 2.45) is 0 Å². The third kappa shape index (κ3) is 2.42. The number of hydrogen-bond acceptors (Lipinski definition) is 4. The van der Waals surface area contributed by atoms with Crippen molar-refractivity contribution >= 4 is 33.2 Å². The minimum Gasteiger partial charge on any atom is -0.361 e. The molecule has 88 valence electrons. The number of aryl methyl sites for hydroxylation is 2. The first kappa shape index (κ1) is 12.3.